The van der Waals surface area contributed by atoms with E-state index in [0.29, 0.717) is 5.57 Å². The molecule has 0 aliphatic carbocycles. The third kappa shape index (κ3) is 1.92. The van der Waals surface area contributed by atoms with Gasteiger partial charge in [-0.2, -0.15) is 0 Å². The Labute approximate surface area is 91.5 Å². The third-order valence-corrected chi connectivity index (χ3v) is 3.20. The van der Waals surface area contributed by atoms with E-state index < -0.39 is 5.97 Å². The monoisotopic (exact) mass is 218 g/mol. The molecule has 0 atom stereocenters. The van der Waals surface area contributed by atoms with Gasteiger partial charge in [0.1, 0.15) is 0 Å². The molecule has 2 rings (SSSR count). The number of aliphatic carboxylic acids is 1. The van der Waals surface area contributed by atoms with Gasteiger partial charge in [0.2, 0.25) is 0 Å². The van der Waals surface area contributed by atoms with Crippen molar-refractivity contribution in [3.8, 4) is 0 Å². The predicted octanol–water partition coefficient (Wildman–Crippen LogP) is 3.39. The van der Waals surface area contributed by atoms with Crippen molar-refractivity contribution in [1.29, 1.82) is 0 Å². The highest BCUT2D eigenvalue weighted by Gasteiger charge is 2.04. The van der Waals surface area contributed by atoms with Crippen molar-refractivity contribution in [3.05, 3.63) is 40.8 Å². The van der Waals surface area contributed by atoms with Crippen molar-refractivity contribution >= 4 is 33.5 Å². The van der Waals surface area contributed by atoms with E-state index in [9.17, 15) is 4.79 Å². The molecule has 76 valence electrons. The van der Waals surface area contributed by atoms with Gasteiger partial charge in [-0.1, -0.05) is 18.2 Å². The fourth-order valence-electron chi connectivity index (χ4n) is 1.41. The summed E-state index contributed by atoms with van der Waals surface area (Å²) in [5, 5.41) is 11.9. The molecule has 0 fully saturated rings. The van der Waals surface area contributed by atoms with Gasteiger partial charge in [0.15, 0.2) is 0 Å². The normalized spacial score (nSPS) is 11.9. The number of benzene rings is 1. The summed E-state index contributed by atoms with van der Waals surface area (Å²) in [5.41, 5.74) is 1.34. The maximum Gasteiger partial charge on any atom is 0.331 e. The maximum atomic E-state index is 10.7. The molecule has 0 saturated heterocycles. The van der Waals surface area contributed by atoms with Crippen LogP contribution in [0.4, 0.5) is 0 Å². The number of carboxylic acid groups (broad SMARTS) is 1. The van der Waals surface area contributed by atoms with E-state index in [2.05, 4.69) is 0 Å². The zero-order valence-electron chi connectivity index (χ0n) is 8.23. The third-order valence-electron chi connectivity index (χ3n) is 2.22. The lowest BCUT2D eigenvalue weighted by Gasteiger charge is -1.93. The first-order valence-corrected chi connectivity index (χ1v) is 5.44. The summed E-state index contributed by atoms with van der Waals surface area (Å²) in [7, 11) is 0. The van der Waals surface area contributed by atoms with Crippen molar-refractivity contribution in [3.63, 3.8) is 0 Å². The van der Waals surface area contributed by atoms with Gasteiger partial charge < -0.3 is 5.11 Å². The fraction of sp³-hybridized carbons (Fsp3) is 0.0833. The first-order valence-electron chi connectivity index (χ1n) is 4.56. The van der Waals surface area contributed by atoms with Crippen LogP contribution >= 0.6 is 11.3 Å². The summed E-state index contributed by atoms with van der Waals surface area (Å²) in [5.74, 6) is -0.870. The van der Waals surface area contributed by atoms with Gasteiger partial charge in [0.25, 0.3) is 0 Å². The zero-order chi connectivity index (χ0) is 10.8. The standard InChI is InChI=1S/C12H10O2S/c1-8(12(13)14)6-9-7-15-11-5-3-2-4-10(9)11/h2-7H,1H3,(H,13,14)/b8-6-. The van der Waals surface area contributed by atoms with E-state index in [1.54, 1.807) is 24.3 Å². The molecule has 0 bridgehead atoms. The largest absolute Gasteiger partial charge is 0.478 e. The number of hydrogen-bond donors (Lipinski definition) is 1. The second kappa shape index (κ2) is 3.87. The fourth-order valence-corrected chi connectivity index (χ4v) is 2.32. The number of thiophene rings is 1. The molecule has 0 amide bonds. The molecule has 1 heterocycles. The van der Waals surface area contributed by atoms with Crippen LogP contribution in [0.15, 0.2) is 35.2 Å². The molecule has 1 aromatic heterocycles. The molecule has 0 aliphatic heterocycles. The number of carboxylic acids is 1. The zero-order valence-corrected chi connectivity index (χ0v) is 9.04. The molecule has 0 radical (unpaired) electrons. The highest BCUT2D eigenvalue weighted by Crippen LogP contribution is 2.27. The van der Waals surface area contributed by atoms with Crippen molar-refractivity contribution in [2.75, 3.05) is 0 Å². The van der Waals surface area contributed by atoms with Gasteiger partial charge in [-0.15, -0.1) is 11.3 Å². The molecule has 0 saturated carbocycles. The Morgan fingerprint density at radius 2 is 2.13 bits per heavy atom. The molecular formula is C12H10O2S. The van der Waals surface area contributed by atoms with Crippen LogP contribution in [-0.4, -0.2) is 11.1 Å². The second-order valence-electron chi connectivity index (χ2n) is 3.32. The Balaban J connectivity index is 2.54. The van der Waals surface area contributed by atoms with Gasteiger partial charge in [0, 0.05) is 10.3 Å². The van der Waals surface area contributed by atoms with Crippen molar-refractivity contribution in [2.24, 2.45) is 0 Å². The molecule has 1 N–H and O–H groups in total. The lowest BCUT2D eigenvalue weighted by molar-refractivity contribution is -0.132. The van der Waals surface area contributed by atoms with Gasteiger partial charge in [-0.25, -0.2) is 4.79 Å². The van der Waals surface area contributed by atoms with E-state index in [1.165, 1.54) is 4.70 Å². The predicted molar refractivity (Wildman–Crippen MR) is 63.1 cm³/mol. The Bertz CT molecular complexity index is 537. The first kappa shape index (κ1) is 9.93. The van der Waals surface area contributed by atoms with Crippen LogP contribution < -0.4 is 0 Å². The van der Waals surface area contributed by atoms with E-state index >= 15 is 0 Å². The summed E-state index contributed by atoms with van der Waals surface area (Å²) >= 11 is 1.63. The van der Waals surface area contributed by atoms with Crippen LogP contribution in [0.3, 0.4) is 0 Å². The van der Waals surface area contributed by atoms with Gasteiger partial charge in [0.05, 0.1) is 0 Å². The molecular weight excluding hydrogens is 208 g/mol. The van der Waals surface area contributed by atoms with Gasteiger partial charge >= 0.3 is 5.97 Å². The van der Waals surface area contributed by atoms with Gasteiger partial charge in [-0.05, 0) is 35.4 Å². The van der Waals surface area contributed by atoms with Crippen LogP contribution in [0.5, 0.6) is 0 Å². The minimum absolute atomic E-state index is 0.360. The van der Waals surface area contributed by atoms with Crippen LogP contribution in [0.25, 0.3) is 16.2 Å². The van der Waals surface area contributed by atoms with Crippen LogP contribution in [0, 0.1) is 0 Å². The molecule has 0 spiro atoms. The SMILES string of the molecule is C/C(=C/c1csc2ccccc12)C(=O)O. The molecule has 2 aromatic rings. The van der Waals surface area contributed by atoms with E-state index in [4.69, 9.17) is 5.11 Å². The summed E-state index contributed by atoms with van der Waals surface area (Å²) in [6.45, 7) is 1.61. The van der Waals surface area contributed by atoms with Crippen molar-refractivity contribution < 1.29 is 9.90 Å². The molecule has 0 aliphatic rings. The van der Waals surface area contributed by atoms with Crippen LogP contribution in [0.1, 0.15) is 12.5 Å². The van der Waals surface area contributed by atoms with Crippen LogP contribution in [0.2, 0.25) is 0 Å². The maximum absolute atomic E-state index is 10.7. The van der Waals surface area contributed by atoms with E-state index in [1.807, 2.05) is 29.6 Å². The molecule has 1 aromatic carbocycles. The Hall–Kier alpha value is -1.61. The Kier molecular flexibility index (Phi) is 2.56. The van der Waals surface area contributed by atoms with Crippen LogP contribution in [-0.2, 0) is 4.79 Å². The highest BCUT2D eigenvalue weighted by atomic mass is 32.1. The van der Waals surface area contributed by atoms with E-state index in [0.717, 1.165) is 10.9 Å². The van der Waals surface area contributed by atoms with E-state index in [-0.39, 0.29) is 0 Å². The minimum atomic E-state index is -0.870. The lowest BCUT2D eigenvalue weighted by atomic mass is 10.1. The summed E-state index contributed by atoms with van der Waals surface area (Å²) in [6, 6.07) is 7.99. The smallest absolute Gasteiger partial charge is 0.331 e. The molecule has 3 heteroatoms. The van der Waals surface area contributed by atoms with Crippen molar-refractivity contribution in [2.45, 2.75) is 6.92 Å². The quantitative estimate of drug-likeness (QED) is 0.784. The topological polar surface area (TPSA) is 37.3 Å². The van der Waals surface area contributed by atoms with Crippen molar-refractivity contribution in [1.82, 2.24) is 0 Å². The average molecular weight is 218 g/mol. The first-order chi connectivity index (χ1) is 7.18. The van der Waals surface area contributed by atoms with Gasteiger partial charge in [-0.3, -0.25) is 0 Å². The molecule has 0 unspecified atom stereocenters. The minimum Gasteiger partial charge on any atom is -0.478 e. The summed E-state index contributed by atoms with van der Waals surface area (Å²) in [4.78, 5) is 10.7. The molecule has 15 heavy (non-hydrogen) atoms. The number of hydrogen-bond acceptors (Lipinski definition) is 2. The summed E-state index contributed by atoms with van der Waals surface area (Å²) < 4.78 is 1.18. The number of carbonyl (C=O) groups is 1. The lowest BCUT2D eigenvalue weighted by Crippen LogP contribution is -1.94. The second-order valence-corrected chi connectivity index (χ2v) is 4.23. The Morgan fingerprint density at radius 3 is 2.87 bits per heavy atom. The summed E-state index contributed by atoms with van der Waals surface area (Å²) in [6.07, 6.45) is 1.71. The highest BCUT2D eigenvalue weighted by molar-refractivity contribution is 7.17. The Morgan fingerprint density at radius 1 is 1.40 bits per heavy atom. The molecule has 2 nitrogen and oxygen atoms in total. The number of fused-ring (bicyclic) bond motifs is 1. The number of rotatable bonds is 2. The average Bonchev–Trinajstić information content (AvgIpc) is 2.62.